The second-order valence-corrected chi connectivity index (χ2v) is 5.50. The van der Waals surface area contributed by atoms with Gasteiger partial charge in [-0.15, -0.1) is 5.10 Å². The van der Waals surface area contributed by atoms with Crippen LogP contribution in [0.3, 0.4) is 0 Å². The molecule has 0 saturated heterocycles. The van der Waals surface area contributed by atoms with Gasteiger partial charge in [0.25, 0.3) is 0 Å². The molecule has 0 bridgehead atoms. The highest BCUT2D eigenvalue weighted by Crippen LogP contribution is 2.30. The fourth-order valence-electron chi connectivity index (χ4n) is 3.04. The van der Waals surface area contributed by atoms with Crippen LogP contribution in [0.1, 0.15) is 23.6 Å². The summed E-state index contributed by atoms with van der Waals surface area (Å²) in [7, 11) is 0. The van der Waals surface area contributed by atoms with Crippen molar-refractivity contribution in [3.05, 3.63) is 59.2 Å². The first kappa shape index (κ1) is 13.8. The minimum absolute atomic E-state index is 0.00414. The SMILES string of the molecule is O=C(N[C@@H]1CCc2ccccc21)n1nnc2cc(F)cc(F)c21. The zero-order valence-electron chi connectivity index (χ0n) is 12.0. The van der Waals surface area contributed by atoms with Crippen LogP contribution in [0.15, 0.2) is 36.4 Å². The van der Waals surface area contributed by atoms with E-state index in [1.165, 1.54) is 5.56 Å². The summed E-state index contributed by atoms with van der Waals surface area (Å²) in [5, 5.41) is 10.1. The maximum absolute atomic E-state index is 13.9. The number of aryl methyl sites for hydroxylation is 1. The lowest BCUT2D eigenvalue weighted by Gasteiger charge is -2.13. The Balaban J connectivity index is 1.66. The maximum Gasteiger partial charge on any atom is 0.344 e. The zero-order valence-corrected chi connectivity index (χ0v) is 12.0. The summed E-state index contributed by atoms with van der Waals surface area (Å²) >= 11 is 0. The van der Waals surface area contributed by atoms with Gasteiger partial charge < -0.3 is 5.32 Å². The van der Waals surface area contributed by atoms with Gasteiger partial charge in [0.2, 0.25) is 0 Å². The molecule has 1 aromatic heterocycles. The van der Waals surface area contributed by atoms with Crippen molar-refractivity contribution in [2.45, 2.75) is 18.9 Å². The summed E-state index contributed by atoms with van der Waals surface area (Å²) < 4.78 is 28.0. The van der Waals surface area contributed by atoms with Gasteiger partial charge in [-0.25, -0.2) is 13.6 Å². The number of fused-ring (bicyclic) bond motifs is 2. The largest absolute Gasteiger partial charge is 0.344 e. The van der Waals surface area contributed by atoms with E-state index >= 15 is 0 Å². The van der Waals surface area contributed by atoms with Gasteiger partial charge in [0.15, 0.2) is 5.82 Å². The Kier molecular flexibility index (Phi) is 3.07. The number of benzene rings is 2. The lowest BCUT2D eigenvalue weighted by atomic mass is 10.1. The predicted molar refractivity (Wildman–Crippen MR) is 78.9 cm³/mol. The molecule has 2 aromatic carbocycles. The highest BCUT2D eigenvalue weighted by molar-refractivity contribution is 5.88. The van der Waals surface area contributed by atoms with Crippen molar-refractivity contribution in [3.63, 3.8) is 0 Å². The van der Waals surface area contributed by atoms with E-state index in [0.29, 0.717) is 6.07 Å². The van der Waals surface area contributed by atoms with Crippen LogP contribution in [0.2, 0.25) is 0 Å². The van der Waals surface area contributed by atoms with Crippen molar-refractivity contribution in [2.75, 3.05) is 0 Å². The van der Waals surface area contributed by atoms with Gasteiger partial charge in [-0.3, -0.25) is 0 Å². The van der Waals surface area contributed by atoms with Crippen molar-refractivity contribution >= 4 is 17.1 Å². The van der Waals surface area contributed by atoms with Crippen LogP contribution in [0, 0.1) is 11.6 Å². The van der Waals surface area contributed by atoms with E-state index in [4.69, 9.17) is 0 Å². The zero-order chi connectivity index (χ0) is 16.0. The average Bonchev–Trinajstić information content (AvgIpc) is 3.12. The molecule has 116 valence electrons. The first-order valence-corrected chi connectivity index (χ1v) is 7.22. The Morgan fingerprint density at radius 1 is 1.26 bits per heavy atom. The molecule has 0 unspecified atom stereocenters. The number of aromatic nitrogens is 3. The average molecular weight is 314 g/mol. The molecule has 0 saturated carbocycles. The van der Waals surface area contributed by atoms with Crippen LogP contribution in [0.4, 0.5) is 13.6 Å². The van der Waals surface area contributed by atoms with E-state index in [1.54, 1.807) is 0 Å². The summed E-state index contributed by atoms with van der Waals surface area (Å²) in [4.78, 5) is 12.4. The molecule has 0 fully saturated rings. The first-order chi connectivity index (χ1) is 11.1. The third-order valence-electron chi connectivity index (χ3n) is 4.08. The van der Waals surface area contributed by atoms with Crippen molar-refractivity contribution in [1.29, 1.82) is 0 Å². The van der Waals surface area contributed by atoms with Gasteiger partial charge in [-0.05, 0) is 24.0 Å². The van der Waals surface area contributed by atoms with Gasteiger partial charge in [0.05, 0.1) is 6.04 Å². The molecule has 1 aliphatic carbocycles. The van der Waals surface area contributed by atoms with E-state index < -0.39 is 17.7 Å². The molecule has 23 heavy (non-hydrogen) atoms. The van der Waals surface area contributed by atoms with E-state index in [1.807, 2.05) is 24.3 Å². The highest BCUT2D eigenvalue weighted by atomic mass is 19.1. The molecule has 5 nitrogen and oxygen atoms in total. The van der Waals surface area contributed by atoms with E-state index in [-0.39, 0.29) is 17.1 Å². The monoisotopic (exact) mass is 314 g/mol. The number of hydrogen-bond donors (Lipinski definition) is 1. The number of carbonyl (C=O) groups excluding carboxylic acids is 1. The summed E-state index contributed by atoms with van der Waals surface area (Å²) in [5.74, 6) is -1.63. The Labute approximate surface area is 129 Å². The third-order valence-corrected chi connectivity index (χ3v) is 4.08. The fraction of sp³-hybridized carbons (Fsp3) is 0.188. The molecule has 1 amide bonds. The molecular formula is C16H12F2N4O. The third kappa shape index (κ3) is 2.25. The molecule has 1 N–H and O–H groups in total. The summed E-state index contributed by atoms with van der Waals surface area (Å²) in [6.07, 6.45) is 1.65. The molecule has 0 radical (unpaired) electrons. The van der Waals surface area contributed by atoms with Crippen molar-refractivity contribution < 1.29 is 13.6 Å². The maximum atomic E-state index is 13.9. The van der Waals surface area contributed by atoms with Crippen LogP contribution in [0.5, 0.6) is 0 Å². The number of nitrogens with zero attached hydrogens (tertiary/aromatic N) is 3. The summed E-state index contributed by atoms with van der Waals surface area (Å²) in [5.41, 5.74) is 2.12. The van der Waals surface area contributed by atoms with Crippen molar-refractivity contribution in [2.24, 2.45) is 0 Å². The quantitative estimate of drug-likeness (QED) is 0.751. The smallest absolute Gasteiger partial charge is 0.329 e. The first-order valence-electron chi connectivity index (χ1n) is 7.22. The minimum Gasteiger partial charge on any atom is -0.329 e. The number of nitrogens with one attached hydrogen (secondary N) is 1. The topological polar surface area (TPSA) is 59.8 Å². The molecule has 0 spiro atoms. The lowest BCUT2D eigenvalue weighted by Crippen LogP contribution is -2.32. The molecule has 7 heteroatoms. The Hall–Kier alpha value is -2.83. The standard InChI is InChI=1S/C16H12F2N4O/c17-10-7-12(18)15-14(8-10)20-21-22(15)16(23)19-13-6-5-9-3-1-2-4-11(9)13/h1-4,7-8,13H,5-6H2,(H,19,23)/t13-/m1/s1. The molecule has 1 heterocycles. The van der Waals surface area contributed by atoms with Crippen LogP contribution in [-0.2, 0) is 6.42 Å². The second kappa shape index (κ2) is 5.12. The number of carbonyl (C=O) groups is 1. The molecular weight excluding hydrogens is 302 g/mol. The molecule has 0 aliphatic heterocycles. The van der Waals surface area contributed by atoms with E-state index in [2.05, 4.69) is 15.6 Å². The fourth-order valence-corrected chi connectivity index (χ4v) is 3.04. The molecule has 1 atom stereocenters. The van der Waals surface area contributed by atoms with Crippen LogP contribution < -0.4 is 5.32 Å². The van der Waals surface area contributed by atoms with Gasteiger partial charge in [0.1, 0.15) is 16.9 Å². The minimum atomic E-state index is -0.869. The van der Waals surface area contributed by atoms with Gasteiger partial charge in [-0.2, -0.15) is 4.68 Å². The number of rotatable bonds is 1. The van der Waals surface area contributed by atoms with Gasteiger partial charge in [0, 0.05) is 12.1 Å². The van der Waals surface area contributed by atoms with E-state index in [0.717, 1.165) is 29.2 Å². The summed E-state index contributed by atoms with van der Waals surface area (Å²) in [6.45, 7) is 0. The van der Waals surface area contributed by atoms with Crippen LogP contribution in [-0.4, -0.2) is 21.0 Å². The Morgan fingerprint density at radius 3 is 2.96 bits per heavy atom. The molecule has 4 rings (SSSR count). The predicted octanol–water partition coefficient (Wildman–Crippen LogP) is 2.95. The van der Waals surface area contributed by atoms with Crippen LogP contribution in [0.25, 0.3) is 11.0 Å². The summed E-state index contributed by atoms with van der Waals surface area (Å²) in [6, 6.07) is 8.87. The Morgan fingerprint density at radius 2 is 2.09 bits per heavy atom. The van der Waals surface area contributed by atoms with E-state index in [9.17, 15) is 13.6 Å². The van der Waals surface area contributed by atoms with Gasteiger partial charge >= 0.3 is 6.03 Å². The van der Waals surface area contributed by atoms with Crippen molar-refractivity contribution in [1.82, 2.24) is 20.3 Å². The van der Waals surface area contributed by atoms with Crippen molar-refractivity contribution in [3.8, 4) is 0 Å². The number of halogens is 2. The normalized spacial score (nSPS) is 16.5. The Bertz CT molecular complexity index is 922. The number of amides is 1. The lowest BCUT2D eigenvalue weighted by molar-refractivity contribution is 0.236. The number of hydrogen-bond acceptors (Lipinski definition) is 3. The molecule has 3 aromatic rings. The van der Waals surface area contributed by atoms with Crippen LogP contribution >= 0.6 is 0 Å². The highest BCUT2D eigenvalue weighted by Gasteiger charge is 2.25. The van der Waals surface area contributed by atoms with Gasteiger partial charge in [-0.1, -0.05) is 29.5 Å². The molecule has 1 aliphatic rings. The second-order valence-electron chi connectivity index (χ2n) is 5.50.